The van der Waals surface area contributed by atoms with Crippen molar-refractivity contribution in [2.24, 2.45) is 5.92 Å². The number of ether oxygens (including phenoxy) is 1. The van der Waals surface area contributed by atoms with Crippen LogP contribution in [0.2, 0.25) is 0 Å². The summed E-state index contributed by atoms with van der Waals surface area (Å²) in [5.41, 5.74) is -1.34. The van der Waals surface area contributed by atoms with Crippen molar-refractivity contribution in [2.45, 2.75) is 58.7 Å². The third-order valence-corrected chi connectivity index (χ3v) is 3.44. The molecule has 4 heteroatoms. The number of esters is 1. The normalized spacial score (nSPS) is 16.8. The molecule has 0 heterocycles. The standard InChI is InChI=1S/C12H25NO3/c1-8(10(14)16-7)9(2)13-11(3,4)12(5,6)15/h8-9,13,15H,1-7H3. The lowest BCUT2D eigenvalue weighted by Crippen LogP contribution is -2.60. The number of methoxy groups -OCH3 is 1. The first-order chi connectivity index (χ1) is 7.03. The summed E-state index contributed by atoms with van der Waals surface area (Å²) in [6.07, 6.45) is 0. The Hall–Kier alpha value is -0.610. The highest BCUT2D eigenvalue weighted by atomic mass is 16.5. The van der Waals surface area contributed by atoms with Crippen LogP contribution in [0.15, 0.2) is 0 Å². The number of rotatable bonds is 5. The number of carbonyl (C=O) groups excluding carboxylic acids is 1. The van der Waals surface area contributed by atoms with Gasteiger partial charge in [-0.25, -0.2) is 0 Å². The number of nitrogens with one attached hydrogen (secondary N) is 1. The van der Waals surface area contributed by atoms with Gasteiger partial charge in [-0.2, -0.15) is 0 Å². The van der Waals surface area contributed by atoms with Crippen molar-refractivity contribution >= 4 is 5.97 Å². The van der Waals surface area contributed by atoms with E-state index in [4.69, 9.17) is 4.74 Å². The minimum absolute atomic E-state index is 0.0612. The molecule has 2 N–H and O–H groups in total. The largest absolute Gasteiger partial charge is 0.469 e. The summed E-state index contributed by atoms with van der Waals surface area (Å²) < 4.78 is 4.69. The summed E-state index contributed by atoms with van der Waals surface area (Å²) >= 11 is 0. The molecule has 96 valence electrons. The molecule has 0 aliphatic rings. The molecule has 0 aliphatic heterocycles. The highest BCUT2D eigenvalue weighted by Gasteiger charge is 2.37. The molecular formula is C12H25NO3. The van der Waals surface area contributed by atoms with Crippen LogP contribution < -0.4 is 5.32 Å². The summed E-state index contributed by atoms with van der Waals surface area (Å²) in [5, 5.41) is 13.3. The molecule has 0 aliphatic carbocycles. The molecule has 0 spiro atoms. The Morgan fingerprint density at radius 1 is 1.25 bits per heavy atom. The van der Waals surface area contributed by atoms with Gasteiger partial charge in [-0.05, 0) is 34.6 Å². The van der Waals surface area contributed by atoms with Crippen molar-refractivity contribution in [1.29, 1.82) is 0 Å². The second kappa shape index (κ2) is 5.15. The predicted molar refractivity (Wildman–Crippen MR) is 64.2 cm³/mol. The zero-order valence-corrected chi connectivity index (χ0v) is 11.4. The molecule has 16 heavy (non-hydrogen) atoms. The van der Waals surface area contributed by atoms with Gasteiger partial charge in [0, 0.05) is 11.6 Å². The third kappa shape index (κ3) is 3.76. The first kappa shape index (κ1) is 15.4. The van der Waals surface area contributed by atoms with Crippen LogP contribution in [0.5, 0.6) is 0 Å². The maximum absolute atomic E-state index is 11.4. The van der Waals surface area contributed by atoms with E-state index in [2.05, 4.69) is 5.32 Å². The van der Waals surface area contributed by atoms with E-state index in [9.17, 15) is 9.90 Å². The molecule has 4 nitrogen and oxygen atoms in total. The second-order valence-corrected chi connectivity index (χ2v) is 5.43. The fourth-order valence-electron chi connectivity index (χ4n) is 1.26. The molecule has 0 aromatic carbocycles. The van der Waals surface area contributed by atoms with E-state index in [1.165, 1.54) is 7.11 Å². The lowest BCUT2D eigenvalue weighted by atomic mass is 9.84. The topological polar surface area (TPSA) is 58.6 Å². The number of carbonyl (C=O) groups is 1. The van der Waals surface area contributed by atoms with Gasteiger partial charge in [0.2, 0.25) is 0 Å². The van der Waals surface area contributed by atoms with E-state index in [0.29, 0.717) is 0 Å². The maximum Gasteiger partial charge on any atom is 0.309 e. The number of aliphatic hydroxyl groups is 1. The van der Waals surface area contributed by atoms with Crippen molar-refractivity contribution in [2.75, 3.05) is 7.11 Å². The Bertz CT molecular complexity index is 243. The summed E-state index contributed by atoms with van der Waals surface area (Å²) in [6.45, 7) is 11.0. The zero-order valence-electron chi connectivity index (χ0n) is 11.4. The van der Waals surface area contributed by atoms with Crippen LogP contribution in [-0.4, -0.2) is 35.4 Å². The van der Waals surface area contributed by atoms with E-state index in [1.807, 2.05) is 27.7 Å². The van der Waals surface area contributed by atoms with E-state index >= 15 is 0 Å². The first-order valence-corrected chi connectivity index (χ1v) is 5.61. The number of hydrogen-bond acceptors (Lipinski definition) is 4. The van der Waals surface area contributed by atoms with Gasteiger partial charge >= 0.3 is 5.97 Å². The lowest BCUT2D eigenvalue weighted by molar-refractivity contribution is -0.146. The van der Waals surface area contributed by atoms with Gasteiger partial charge in [-0.3, -0.25) is 4.79 Å². The SMILES string of the molecule is COC(=O)C(C)C(C)NC(C)(C)C(C)(C)O. The van der Waals surface area contributed by atoms with Crippen LogP contribution in [0.25, 0.3) is 0 Å². The van der Waals surface area contributed by atoms with Crippen LogP contribution in [-0.2, 0) is 9.53 Å². The Morgan fingerprint density at radius 3 is 2.00 bits per heavy atom. The molecule has 0 amide bonds. The van der Waals surface area contributed by atoms with Crippen molar-refractivity contribution in [3.05, 3.63) is 0 Å². The molecule has 2 unspecified atom stereocenters. The lowest BCUT2D eigenvalue weighted by Gasteiger charge is -2.41. The monoisotopic (exact) mass is 231 g/mol. The van der Waals surface area contributed by atoms with E-state index in [-0.39, 0.29) is 17.9 Å². The molecule has 0 saturated heterocycles. The van der Waals surface area contributed by atoms with Gasteiger partial charge < -0.3 is 15.2 Å². The van der Waals surface area contributed by atoms with Crippen LogP contribution in [0.4, 0.5) is 0 Å². The fourth-order valence-corrected chi connectivity index (χ4v) is 1.26. The predicted octanol–water partition coefficient (Wildman–Crippen LogP) is 1.32. The molecule has 0 aromatic rings. The third-order valence-electron chi connectivity index (χ3n) is 3.44. The van der Waals surface area contributed by atoms with Crippen molar-refractivity contribution in [3.8, 4) is 0 Å². The van der Waals surface area contributed by atoms with Crippen LogP contribution in [0, 0.1) is 5.92 Å². The van der Waals surface area contributed by atoms with E-state index in [0.717, 1.165) is 0 Å². The smallest absolute Gasteiger partial charge is 0.309 e. The summed E-state index contributed by atoms with van der Waals surface area (Å²) in [6, 6.07) is -0.0612. The molecule has 0 fully saturated rings. The van der Waals surface area contributed by atoms with Gasteiger partial charge in [0.15, 0.2) is 0 Å². The van der Waals surface area contributed by atoms with Crippen molar-refractivity contribution in [3.63, 3.8) is 0 Å². The molecule has 0 bridgehead atoms. The number of hydrogen-bond donors (Lipinski definition) is 2. The minimum atomic E-state index is -0.864. The first-order valence-electron chi connectivity index (χ1n) is 5.61. The Balaban J connectivity index is 4.56. The average molecular weight is 231 g/mol. The van der Waals surface area contributed by atoms with Gasteiger partial charge in [-0.15, -0.1) is 0 Å². The van der Waals surface area contributed by atoms with E-state index in [1.54, 1.807) is 13.8 Å². The van der Waals surface area contributed by atoms with Gasteiger partial charge in [-0.1, -0.05) is 6.92 Å². The van der Waals surface area contributed by atoms with Gasteiger partial charge in [0.25, 0.3) is 0 Å². The zero-order chi connectivity index (χ0) is 13.1. The highest BCUT2D eigenvalue weighted by molar-refractivity contribution is 5.72. The Morgan fingerprint density at radius 2 is 1.69 bits per heavy atom. The van der Waals surface area contributed by atoms with Gasteiger partial charge in [0.1, 0.15) is 0 Å². The van der Waals surface area contributed by atoms with Crippen LogP contribution >= 0.6 is 0 Å². The minimum Gasteiger partial charge on any atom is -0.469 e. The Kier molecular flexibility index (Phi) is 4.95. The Labute approximate surface area is 98.4 Å². The summed E-state index contributed by atoms with van der Waals surface area (Å²) in [7, 11) is 1.38. The maximum atomic E-state index is 11.4. The second-order valence-electron chi connectivity index (χ2n) is 5.43. The van der Waals surface area contributed by atoms with Crippen molar-refractivity contribution < 1.29 is 14.6 Å². The molecule has 2 atom stereocenters. The summed E-state index contributed by atoms with van der Waals surface area (Å²) in [4.78, 5) is 11.4. The molecule has 0 rings (SSSR count). The molecule has 0 radical (unpaired) electrons. The fraction of sp³-hybridized carbons (Fsp3) is 0.917. The molecule has 0 saturated carbocycles. The van der Waals surface area contributed by atoms with E-state index < -0.39 is 11.1 Å². The molecule has 0 aromatic heterocycles. The van der Waals surface area contributed by atoms with Crippen LogP contribution in [0.1, 0.15) is 41.5 Å². The highest BCUT2D eigenvalue weighted by Crippen LogP contribution is 2.22. The van der Waals surface area contributed by atoms with Gasteiger partial charge in [0.05, 0.1) is 18.6 Å². The summed E-state index contributed by atoms with van der Waals surface area (Å²) in [5.74, 6) is -0.488. The van der Waals surface area contributed by atoms with Crippen molar-refractivity contribution in [1.82, 2.24) is 5.32 Å². The molecular weight excluding hydrogens is 206 g/mol. The van der Waals surface area contributed by atoms with Crippen LogP contribution in [0.3, 0.4) is 0 Å². The average Bonchev–Trinajstić information content (AvgIpc) is 2.12. The quantitative estimate of drug-likeness (QED) is 0.701.